The summed E-state index contributed by atoms with van der Waals surface area (Å²) in [5, 5.41) is 5.42. The third-order valence-corrected chi connectivity index (χ3v) is 3.94. The molecule has 0 spiro atoms. The molecular formula is C22H20N2O4. The van der Waals surface area contributed by atoms with Crippen molar-refractivity contribution in [2.45, 2.75) is 6.92 Å². The lowest BCUT2D eigenvalue weighted by Gasteiger charge is -2.11. The van der Waals surface area contributed by atoms with Crippen LogP contribution in [0.2, 0.25) is 0 Å². The molecule has 0 aliphatic rings. The number of furan rings is 1. The highest BCUT2D eigenvalue weighted by atomic mass is 16.5. The van der Waals surface area contributed by atoms with Gasteiger partial charge in [-0.05, 0) is 60.5 Å². The topological polar surface area (TPSA) is 80.6 Å². The molecule has 1 heterocycles. The second-order valence-electron chi connectivity index (χ2n) is 6.09. The van der Waals surface area contributed by atoms with Crippen LogP contribution in [0.15, 0.2) is 77.0 Å². The molecule has 6 heteroatoms. The Balaban J connectivity index is 1.87. The summed E-state index contributed by atoms with van der Waals surface area (Å²) in [6.07, 6.45) is 2.99. The zero-order valence-electron chi connectivity index (χ0n) is 15.6. The predicted molar refractivity (Wildman–Crippen MR) is 107 cm³/mol. The van der Waals surface area contributed by atoms with Gasteiger partial charge in [0.15, 0.2) is 5.76 Å². The number of carbonyl (C=O) groups excluding carboxylic acids is 2. The first-order valence-electron chi connectivity index (χ1n) is 8.64. The molecule has 0 bridgehead atoms. The lowest BCUT2D eigenvalue weighted by Crippen LogP contribution is -2.30. The molecule has 0 fully saturated rings. The van der Waals surface area contributed by atoms with Crippen LogP contribution >= 0.6 is 0 Å². The molecule has 0 aliphatic heterocycles. The maximum Gasteiger partial charge on any atom is 0.291 e. The largest absolute Gasteiger partial charge is 0.497 e. The van der Waals surface area contributed by atoms with E-state index in [2.05, 4.69) is 10.6 Å². The fraction of sp³-hybridized carbons (Fsp3) is 0.0909. The highest BCUT2D eigenvalue weighted by molar-refractivity contribution is 6.10. The number of benzene rings is 2. The Bertz CT molecular complexity index is 990. The first-order chi connectivity index (χ1) is 13.5. The Morgan fingerprint density at radius 1 is 1.04 bits per heavy atom. The summed E-state index contributed by atoms with van der Waals surface area (Å²) in [6.45, 7) is 1.93. The normalized spacial score (nSPS) is 11.0. The molecule has 0 aliphatic carbocycles. The first kappa shape index (κ1) is 19.0. The fourth-order valence-corrected chi connectivity index (χ4v) is 2.54. The Labute approximate surface area is 162 Å². The molecule has 1 aromatic heterocycles. The van der Waals surface area contributed by atoms with E-state index in [1.54, 1.807) is 49.6 Å². The Hall–Kier alpha value is -3.80. The summed E-state index contributed by atoms with van der Waals surface area (Å²) < 4.78 is 10.2. The van der Waals surface area contributed by atoms with E-state index in [9.17, 15) is 9.59 Å². The number of methoxy groups -OCH3 is 1. The lowest BCUT2D eigenvalue weighted by atomic mass is 10.1. The van der Waals surface area contributed by atoms with E-state index in [4.69, 9.17) is 9.15 Å². The number of aryl methyl sites for hydroxylation is 1. The highest BCUT2D eigenvalue weighted by Gasteiger charge is 2.16. The summed E-state index contributed by atoms with van der Waals surface area (Å²) in [5.41, 5.74) is 2.47. The monoisotopic (exact) mass is 376 g/mol. The average Bonchev–Trinajstić information content (AvgIpc) is 3.23. The summed E-state index contributed by atoms with van der Waals surface area (Å²) in [4.78, 5) is 25.2. The zero-order valence-corrected chi connectivity index (χ0v) is 15.6. The van der Waals surface area contributed by atoms with Gasteiger partial charge in [0, 0.05) is 5.69 Å². The number of hydrogen-bond acceptors (Lipinski definition) is 4. The van der Waals surface area contributed by atoms with Gasteiger partial charge in [0.1, 0.15) is 11.4 Å². The van der Waals surface area contributed by atoms with E-state index >= 15 is 0 Å². The quantitative estimate of drug-likeness (QED) is 0.637. The smallest absolute Gasteiger partial charge is 0.291 e. The minimum absolute atomic E-state index is 0.0908. The SMILES string of the molecule is COc1ccc(/C=C(\NC(=O)c2ccco2)C(=O)Nc2cccc(C)c2)cc1. The van der Waals surface area contributed by atoms with Gasteiger partial charge in [0.05, 0.1) is 13.4 Å². The van der Waals surface area contributed by atoms with Crippen molar-refractivity contribution < 1.29 is 18.7 Å². The molecule has 2 N–H and O–H groups in total. The molecule has 0 unspecified atom stereocenters. The van der Waals surface area contributed by atoms with E-state index in [0.29, 0.717) is 11.4 Å². The molecule has 0 saturated heterocycles. The van der Waals surface area contributed by atoms with Gasteiger partial charge in [-0.1, -0.05) is 24.3 Å². The van der Waals surface area contributed by atoms with Crippen molar-refractivity contribution in [1.29, 1.82) is 0 Å². The molecular weight excluding hydrogens is 356 g/mol. The van der Waals surface area contributed by atoms with Crippen LogP contribution in [0.4, 0.5) is 5.69 Å². The number of carbonyl (C=O) groups is 2. The van der Waals surface area contributed by atoms with Gasteiger partial charge in [-0.25, -0.2) is 0 Å². The molecule has 0 radical (unpaired) electrons. The van der Waals surface area contributed by atoms with E-state index in [1.807, 2.05) is 25.1 Å². The maximum absolute atomic E-state index is 12.8. The van der Waals surface area contributed by atoms with Crippen molar-refractivity contribution in [1.82, 2.24) is 5.32 Å². The van der Waals surface area contributed by atoms with Gasteiger partial charge in [-0.2, -0.15) is 0 Å². The number of rotatable bonds is 6. The van der Waals surface area contributed by atoms with Gasteiger partial charge in [0.2, 0.25) is 0 Å². The Morgan fingerprint density at radius 2 is 1.82 bits per heavy atom. The number of nitrogens with one attached hydrogen (secondary N) is 2. The van der Waals surface area contributed by atoms with Gasteiger partial charge in [0.25, 0.3) is 11.8 Å². The summed E-state index contributed by atoms with van der Waals surface area (Å²) in [7, 11) is 1.58. The van der Waals surface area contributed by atoms with Gasteiger partial charge in [-0.15, -0.1) is 0 Å². The van der Waals surface area contributed by atoms with E-state index in [0.717, 1.165) is 11.1 Å². The van der Waals surface area contributed by atoms with Gasteiger partial charge < -0.3 is 19.8 Å². The van der Waals surface area contributed by atoms with Crippen molar-refractivity contribution >= 4 is 23.6 Å². The van der Waals surface area contributed by atoms with Gasteiger partial charge >= 0.3 is 0 Å². The van der Waals surface area contributed by atoms with Crippen LogP contribution in [-0.2, 0) is 4.79 Å². The molecule has 2 amide bonds. The summed E-state index contributed by atoms with van der Waals surface area (Å²) >= 11 is 0. The van der Waals surface area contributed by atoms with Crippen molar-refractivity contribution in [3.63, 3.8) is 0 Å². The lowest BCUT2D eigenvalue weighted by molar-refractivity contribution is -0.113. The first-order valence-corrected chi connectivity index (χ1v) is 8.64. The van der Waals surface area contributed by atoms with Crippen molar-refractivity contribution in [3.8, 4) is 5.75 Å². The highest BCUT2D eigenvalue weighted by Crippen LogP contribution is 2.16. The number of hydrogen-bond donors (Lipinski definition) is 2. The number of ether oxygens (including phenoxy) is 1. The van der Waals surface area contributed by atoms with Crippen LogP contribution in [0, 0.1) is 6.92 Å². The number of anilines is 1. The van der Waals surface area contributed by atoms with Gasteiger partial charge in [-0.3, -0.25) is 9.59 Å². The van der Waals surface area contributed by atoms with Crippen molar-refractivity contribution in [2.24, 2.45) is 0 Å². The van der Waals surface area contributed by atoms with Crippen LogP contribution in [0.3, 0.4) is 0 Å². The summed E-state index contributed by atoms with van der Waals surface area (Å²) in [5.74, 6) is -0.142. The molecule has 6 nitrogen and oxygen atoms in total. The maximum atomic E-state index is 12.8. The third-order valence-electron chi connectivity index (χ3n) is 3.94. The molecule has 28 heavy (non-hydrogen) atoms. The minimum atomic E-state index is -0.510. The standard InChI is InChI=1S/C22H20N2O4/c1-15-5-3-6-17(13-15)23-21(25)19(24-22(26)20-7-4-12-28-20)14-16-8-10-18(27-2)11-9-16/h3-14H,1-2H3,(H,23,25)(H,24,26)/b19-14-. The number of amides is 2. The average molecular weight is 376 g/mol. The van der Waals surface area contributed by atoms with E-state index < -0.39 is 11.8 Å². The van der Waals surface area contributed by atoms with Crippen molar-refractivity contribution in [3.05, 3.63) is 89.5 Å². The Kier molecular flexibility index (Phi) is 5.91. The van der Waals surface area contributed by atoms with E-state index in [-0.39, 0.29) is 11.5 Å². The van der Waals surface area contributed by atoms with Crippen LogP contribution in [-0.4, -0.2) is 18.9 Å². The van der Waals surface area contributed by atoms with Crippen LogP contribution in [0.5, 0.6) is 5.75 Å². The third kappa shape index (κ3) is 4.88. The molecule has 3 aromatic rings. The molecule has 3 rings (SSSR count). The summed E-state index contributed by atoms with van der Waals surface area (Å²) in [6, 6.07) is 17.7. The van der Waals surface area contributed by atoms with Crippen molar-refractivity contribution in [2.75, 3.05) is 12.4 Å². The predicted octanol–water partition coefficient (Wildman–Crippen LogP) is 4.01. The Morgan fingerprint density at radius 3 is 2.46 bits per heavy atom. The second kappa shape index (κ2) is 8.73. The van der Waals surface area contributed by atoms with Crippen LogP contribution in [0.1, 0.15) is 21.7 Å². The minimum Gasteiger partial charge on any atom is -0.497 e. The molecule has 0 saturated carbocycles. The van der Waals surface area contributed by atoms with E-state index in [1.165, 1.54) is 12.3 Å². The molecule has 0 atom stereocenters. The zero-order chi connectivity index (χ0) is 19.9. The van der Waals surface area contributed by atoms with Crippen LogP contribution < -0.4 is 15.4 Å². The molecule has 142 valence electrons. The second-order valence-corrected chi connectivity index (χ2v) is 6.09. The fourth-order valence-electron chi connectivity index (χ4n) is 2.54. The molecule has 2 aromatic carbocycles. The van der Waals surface area contributed by atoms with Crippen LogP contribution in [0.25, 0.3) is 6.08 Å².